The monoisotopic (exact) mass is 143 g/mol. The Kier molecular flexibility index (Phi) is 3.06. The van der Waals surface area contributed by atoms with Gasteiger partial charge in [-0.2, -0.15) is 0 Å². The van der Waals surface area contributed by atoms with E-state index in [4.69, 9.17) is 10.8 Å². The molecule has 0 heterocycles. The van der Waals surface area contributed by atoms with Crippen LogP contribution in [0.15, 0.2) is 12.2 Å². The van der Waals surface area contributed by atoms with Crippen LogP contribution in [-0.4, -0.2) is 17.3 Å². The molecule has 0 aromatic carbocycles. The zero-order valence-electron chi connectivity index (χ0n) is 7.02. The first-order valence-corrected chi connectivity index (χ1v) is 3.51. The van der Waals surface area contributed by atoms with Crippen molar-refractivity contribution in [3.63, 3.8) is 0 Å². The molecule has 0 radical (unpaired) electrons. The summed E-state index contributed by atoms with van der Waals surface area (Å²) in [6.45, 7) is 9.58. The fraction of sp³-hybridized carbons (Fsp3) is 0.750. The quantitative estimate of drug-likeness (QED) is 0.577. The van der Waals surface area contributed by atoms with Crippen LogP contribution in [-0.2, 0) is 0 Å². The minimum atomic E-state index is -0.436. The van der Waals surface area contributed by atoms with Gasteiger partial charge in [0.1, 0.15) is 0 Å². The third-order valence-corrected chi connectivity index (χ3v) is 2.15. The summed E-state index contributed by atoms with van der Waals surface area (Å²) in [6, 6.07) is 0. The third kappa shape index (κ3) is 1.82. The van der Waals surface area contributed by atoms with E-state index in [1.807, 2.05) is 20.8 Å². The molecule has 10 heavy (non-hydrogen) atoms. The Bertz CT molecular complexity index is 127. The Morgan fingerprint density at radius 1 is 1.70 bits per heavy atom. The lowest BCUT2D eigenvalue weighted by molar-refractivity contribution is 0.285. The van der Waals surface area contributed by atoms with Gasteiger partial charge < -0.3 is 10.8 Å². The molecule has 0 aromatic heterocycles. The molecule has 2 heteroatoms. The zero-order chi connectivity index (χ0) is 8.36. The molecule has 1 atom stereocenters. The minimum Gasteiger partial charge on any atom is -0.392 e. The minimum absolute atomic E-state index is 0.0226. The van der Waals surface area contributed by atoms with Gasteiger partial charge in [0.05, 0.1) is 6.61 Å². The number of aliphatic hydroxyl groups is 1. The molecule has 0 saturated carbocycles. The molecule has 0 aliphatic rings. The molecule has 3 N–H and O–H groups in total. The predicted octanol–water partition coefficient (Wildman–Crippen LogP) is 0.908. The maximum atomic E-state index is 8.74. The van der Waals surface area contributed by atoms with Crippen LogP contribution < -0.4 is 5.73 Å². The summed E-state index contributed by atoms with van der Waals surface area (Å²) in [5, 5.41) is 8.74. The Balaban J connectivity index is 4.24. The molecule has 1 unspecified atom stereocenters. The maximum absolute atomic E-state index is 8.74. The molecule has 0 rings (SSSR count). The molecule has 0 spiro atoms. The topological polar surface area (TPSA) is 46.2 Å². The van der Waals surface area contributed by atoms with Crippen LogP contribution in [0.4, 0.5) is 0 Å². The Morgan fingerprint density at radius 3 is 2.20 bits per heavy atom. The molecule has 2 nitrogen and oxygen atoms in total. The van der Waals surface area contributed by atoms with Gasteiger partial charge in [-0.15, -0.1) is 0 Å². The summed E-state index contributed by atoms with van der Waals surface area (Å²) < 4.78 is 0. The van der Waals surface area contributed by atoms with Gasteiger partial charge in [0.15, 0.2) is 0 Å². The fourth-order valence-corrected chi connectivity index (χ4v) is 0.579. The van der Waals surface area contributed by atoms with E-state index in [-0.39, 0.29) is 6.61 Å². The fourth-order valence-electron chi connectivity index (χ4n) is 0.579. The Hall–Kier alpha value is -0.340. The van der Waals surface area contributed by atoms with Crippen LogP contribution in [0.3, 0.4) is 0 Å². The van der Waals surface area contributed by atoms with Crippen LogP contribution >= 0.6 is 0 Å². The van der Waals surface area contributed by atoms with Crippen LogP contribution in [0.1, 0.15) is 20.8 Å². The van der Waals surface area contributed by atoms with E-state index in [0.29, 0.717) is 11.5 Å². The molecule has 0 saturated heterocycles. The molecule has 0 amide bonds. The average Bonchev–Trinajstić information content (AvgIpc) is 1.86. The molecule has 0 aliphatic heterocycles. The van der Waals surface area contributed by atoms with E-state index < -0.39 is 5.54 Å². The molecular formula is C8H17NO. The summed E-state index contributed by atoms with van der Waals surface area (Å²) in [4.78, 5) is 0. The van der Waals surface area contributed by atoms with Crippen molar-refractivity contribution in [3.05, 3.63) is 12.2 Å². The van der Waals surface area contributed by atoms with E-state index in [2.05, 4.69) is 6.58 Å². The van der Waals surface area contributed by atoms with E-state index in [1.165, 1.54) is 0 Å². The van der Waals surface area contributed by atoms with Crippen LogP contribution in [0.25, 0.3) is 0 Å². The number of rotatable bonds is 3. The first-order valence-electron chi connectivity index (χ1n) is 3.51. The lowest BCUT2D eigenvalue weighted by Gasteiger charge is -2.30. The molecule has 0 aromatic rings. The molecule has 0 aliphatic carbocycles. The predicted molar refractivity (Wildman–Crippen MR) is 43.7 cm³/mol. The highest BCUT2D eigenvalue weighted by atomic mass is 16.3. The first-order chi connectivity index (χ1) is 4.42. The first kappa shape index (κ1) is 9.66. The Morgan fingerprint density at radius 2 is 2.10 bits per heavy atom. The number of aliphatic hydroxyl groups excluding tert-OH is 1. The van der Waals surface area contributed by atoms with Gasteiger partial charge in [-0.25, -0.2) is 0 Å². The van der Waals surface area contributed by atoms with Gasteiger partial charge >= 0.3 is 0 Å². The number of hydrogen-bond donors (Lipinski definition) is 2. The van der Waals surface area contributed by atoms with E-state index >= 15 is 0 Å². The van der Waals surface area contributed by atoms with Crippen LogP contribution in [0.2, 0.25) is 0 Å². The molecule has 0 bridgehead atoms. The standard InChI is InChI=1S/C8H17NO/c1-6(2)8(4,9)7(3)5-10/h6,10H,3,5,9H2,1-2,4H3. The maximum Gasteiger partial charge on any atom is 0.0656 e. The van der Waals surface area contributed by atoms with Crippen LogP contribution in [0, 0.1) is 5.92 Å². The van der Waals surface area contributed by atoms with Crippen molar-refractivity contribution in [1.29, 1.82) is 0 Å². The van der Waals surface area contributed by atoms with Crippen molar-refractivity contribution in [2.75, 3.05) is 6.61 Å². The largest absolute Gasteiger partial charge is 0.392 e. The van der Waals surface area contributed by atoms with Gasteiger partial charge in [0, 0.05) is 5.54 Å². The molecule has 0 fully saturated rings. The third-order valence-electron chi connectivity index (χ3n) is 2.15. The van der Waals surface area contributed by atoms with Gasteiger partial charge in [0.25, 0.3) is 0 Å². The second kappa shape index (κ2) is 3.17. The van der Waals surface area contributed by atoms with E-state index in [1.54, 1.807) is 0 Å². The van der Waals surface area contributed by atoms with E-state index in [9.17, 15) is 0 Å². The summed E-state index contributed by atoms with van der Waals surface area (Å²) in [5.41, 5.74) is 6.12. The zero-order valence-corrected chi connectivity index (χ0v) is 7.02. The average molecular weight is 143 g/mol. The lowest BCUT2D eigenvalue weighted by Crippen LogP contribution is -2.44. The number of hydrogen-bond acceptors (Lipinski definition) is 2. The second-order valence-electron chi connectivity index (χ2n) is 3.20. The molecular weight excluding hydrogens is 126 g/mol. The smallest absolute Gasteiger partial charge is 0.0656 e. The molecule has 60 valence electrons. The van der Waals surface area contributed by atoms with Crippen molar-refractivity contribution in [2.24, 2.45) is 11.7 Å². The number of nitrogens with two attached hydrogens (primary N) is 1. The highest BCUT2D eigenvalue weighted by Gasteiger charge is 2.25. The van der Waals surface area contributed by atoms with Crippen LogP contribution in [0.5, 0.6) is 0 Å². The van der Waals surface area contributed by atoms with Gasteiger partial charge in [-0.3, -0.25) is 0 Å². The van der Waals surface area contributed by atoms with E-state index in [0.717, 1.165) is 0 Å². The summed E-state index contributed by atoms with van der Waals surface area (Å²) in [5.74, 6) is 0.312. The van der Waals surface area contributed by atoms with Crippen molar-refractivity contribution >= 4 is 0 Å². The highest BCUT2D eigenvalue weighted by molar-refractivity contribution is 5.14. The summed E-state index contributed by atoms with van der Waals surface area (Å²) >= 11 is 0. The summed E-state index contributed by atoms with van der Waals surface area (Å²) in [7, 11) is 0. The van der Waals surface area contributed by atoms with Crippen molar-refractivity contribution in [3.8, 4) is 0 Å². The van der Waals surface area contributed by atoms with Crippen molar-refractivity contribution in [2.45, 2.75) is 26.3 Å². The van der Waals surface area contributed by atoms with Crippen molar-refractivity contribution < 1.29 is 5.11 Å². The van der Waals surface area contributed by atoms with Crippen molar-refractivity contribution in [1.82, 2.24) is 0 Å². The summed E-state index contributed by atoms with van der Waals surface area (Å²) in [6.07, 6.45) is 0. The van der Waals surface area contributed by atoms with Gasteiger partial charge in [-0.1, -0.05) is 20.4 Å². The Labute approximate surface area is 62.7 Å². The lowest BCUT2D eigenvalue weighted by atomic mass is 9.83. The normalized spacial score (nSPS) is 17.0. The highest BCUT2D eigenvalue weighted by Crippen LogP contribution is 2.20. The second-order valence-corrected chi connectivity index (χ2v) is 3.20. The van der Waals surface area contributed by atoms with Gasteiger partial charge in [-0.05, 0) is 18.4 Å². The van der Waals surface area contributed by atoms with Gasteiger partial charge in [0.2, 0.25) is 0 Å². The SMILES string of the molecule is C=C(CO)C(C)(N)C(C)C.